The van der Waals surface area contributed by atoms with E-state index < -0.39 is 17.7 Å². The molecule has 6 heteroatoms. The van der Waals surface area contributed by atoms with Gasteiger partial charge in [0.15, 0.2) is 0 Å². The SMILES string of the molecule is CN(Cc1ccccc1Cl)C(=O)[C@@H]1CCCCN1C(=O)OC(C)(C)C. The zero-order valence-corrected chi connectivity index (χ0v) is 16.2. The van der Waals surface area contributed by atoms with E-state index in [4.69, 9.17) is 16.3 Å². The Balaban J connectivity index is 2.09. The van der Waals surface area contributed by atoms with Crippen LogP contribution in [-0.2, 0) is 16.1 Å². The van der Waals surface area contributed by atoms with Gasteiger partial charge in [-0.2, -0.15) is 0 Å². The third kappa shape index (κ3) is 5.36. The van der Waals surface area contributed by atoms with Gasteiger partial charge in [-0.15, -0.1) is 0 Å². The molecular formula is C19H27ClN2O3. The highest BCUT2D eigenvalue weighted by Gasteiger charge is 2.36. The van der Waals surface area contributed by atoms with Crippen molar-refractivity contribution < 1.29 is 14.3 Å². The van der Waals surface area contributed by atoms with Crippen molar-refractivity contribution in [2.24, 2.45) is 0 Å². The van der Waals surface area contributed by atoms with E-state index in [1.165, 1.54) is 0 Å². The number of halogens is 1. The Hall–Kier alpha value is -1.75. The number of carbonyl (C=O) groups is 2. The number of piperidine rings is 1. The molecule has 2 rings (SSSR count). The van der Waals surface area contributed by atoms with E-state index >= 15 is 0 Å². The molecule has 1 saturated heterocycles. The van der Waals surface area contributed by atoms with Gasteiger partial charge in [-0.25, -0.2) is 4.79 Å². The lowest BCUT2D eigenvalue weighted by atomic mass is 10.0. The van der Waals surface area contributed by atoms with Crippen LogP contribution in [0.1, 0.15) is 45.6 Å². The largest absolute Gasteiger partial charge is 0.444 e. The van der Waals surface area contributed by atoms with E-state index in [9.17, 15) is 9.59 Å². The minimum absolute atomic E-state index is 0.0783. The predicted octanol–water partition coefficient (Wildman–Crippen LogP) is 4.09. The molecule has 1 atom stereocenters. The number of rotatable bonds is 3. The second kappa shape index (κ2) is 8.09. The Morgan fingerprint density at radius 3 is 2.60 bits per heavy atom. The van der Waals surface area contributed by atoms with Crippen molar-refractivity contribution in [2.45, 2.75) is 58.2 Å². The fourth-order valence-electron chi connectivity index (χ4n) is 2.94. The van der Waals surface area contributed by atoms with Gasteiger partial charge < -0.3 is 9.64 Å². The predicted molar refractivity (Wildman–Crippen MR) is 98.5 cm³/mol. The van der Waals surface area contributed by atoms with E-state index in [1.54, 1.807) is 16.8 Å². The minimum atomic E-state index is -0.578. The number of hydrogen-bond donors (Lipinski definition) is 0. The van der Waals surface area contributed by atoms with Gasteiger partial charge in [0.1, 0.15) is 11.6 Å². The van der Waals surface area contributed by atoms with Gasteiger partial charge in [0.25, 0.3) is 0 Å². The fourth-order valence-corrected chi connectivity index (χ4v) is 3.14. The molecule has 1 aromatic rings. The maximum Gasteiger partial charge on any atom is 0.410 e. The van der Waals surface area contributed by atoms with E-state index in [-0.39, 0.29) is 5.91 Å². The first kappa shape index (κ1) is 19.6. The maximum absolute atomic E-state index is 12.9. The van der Waals surface area contributed by atoms with Crippen LogP contribution in [0.4, 0.5) is 4.79 Å². The van der Waals surface area contributed by atoms with E-state index in [1.807, 2.05) is 45.0 Å². The molecule has 0 saturated carbocycles. The topological polar surface area (TPSA) is 49.9 Å². The highest BCUT2D eigenvalue weighted by atomic mass is 35.5. The van der Waals surface area contributed by atoms with Crippen molar-refractivity contribution in [2.75, 3.05) is 13.6 Å². The van der Waals surface area contributed by atoms with Gasteiger partial charge in [0.05, 0.1) is 0 Å². The molecule has 1 aromatic carbocycles. The molecule has 1 fully saturated rings. The molecule has 0 aromatic heterocycles. The van der Waals surface area contributed by atoms with Gasteiger partial charge in [-0.3, -0.25) is 9.69 Å². The summed E-state index contributed by atoms with van der Waals surface area (Å²) >= 11 is 6.19. The maximum atomic E-state index is 12.9. The molecule has 0 N–H and O–H groups in total. The van der Waals surface area contributed by atoms with Gasteiger partial charge in [0, 0.05) is 25.2 Å². The molecule has 0 radical (unpaired) electrons. The summed E-state index contributed by atoms with van der Waals surface area (Å²) in [7, 11) is 1.74. The Labute approximate surface area is 154 Å². The Morgan fingerprint density at radius 2 is 1.96 bits per heavy atom. The Bertz CT molecular complexity index is 627. The minimum Gasteiger partial charge on any atom is -0.444 e. The smallest absolute Gasteiger partial charge is 0.410 e. The number of likely N-dealkylation sites (tertiary alicyclic amines) is 1. The van der Waals surface area contributed by atoms with Crippen LogP contribution >= 0.6 is 11.6 Å². The second-order valence-electron chi connectivity index (χ2n) is 7.47. The monoisotopic (exact) mass is 366 g/mol. The Kier molecular flexibility index (Phi) is 6.33. The van der Waals surface area contributed by atoms with E-state index in [0.717, 1.165) is 18.4 Å². The number of ether oxygens (including phenoxy) is 1. The van der Waals surface area contributed by atoms with Gasteiger partial charge >= 0.3 is 6.09 Å². The van der Waals surface area contributed by atoms with Crippen molar-refractivity contribution >= 4 is 23.6 Å². The number of hydrogen-bond acceptors (Lipinski definition) is 3. The number of carbonyl (C=O) groups excluding carboxylic acids is 2. The molecule has 1 aliphatic heterocycles. The van der Waals surface area contributed by atoms with E-state index in [2.05, 4.69) is 0 Å². The van der Waals surface area contributed by atoms with Crippen LogP contribution in [0, 0.1) is 0 Å². The van der Waals surface area contributed by atoms with Crippen molar-refractivity contribution in [3.63, 3.8) is 0 Å². The highest BCUT2D eigenvalue weighted by Crippen LogP contribution is 2.23. The van der Waals surface area contributed by atoms with Gasteiger partial charge in [0.2, 0.25) is 5.91 Å². The van der Waals surface area contributed by atoms with Crippen molar-refractivity contribution in [1.82, 2.24) is 9.80 Å². The van der Waals surface area contributed by atoms with Crippen LogP contribution < -0.4 is 0 Å². The molecule has 1 heterocycles. The standard InChI is InChI=1S/C19H27ClN2O3/c1-19(2,3)25-18(24)22-12-8-7-11-16(22)17(23)21(4)13-14-9-5-6-10-15(14)20/h5-6,9-10,16H,7-8,11-13H2,1-4H3/t16-/m0/s1. The van der Waals surface area contributed by atoms with Gasteiger partial charge in [-0.05, 0) is 51.7 Å². The van der Waals surface area contributed by atoms with Crippen LogP contribution in [0.2, 0.25) is 5.02 Å². The first-order valence-electron chi connectivity index (χ1n) is 8.67. The average Bonchev–Trinajstić information content (AvgIpc) is 2.54. The van der Waals surface area contributed by atoms with Gasteiger partial charge in [-0.1, -0.05) is 29.8 Å². The number of benzene rings is 1. The second-order valence-corrected chi connectivity index (χ2v) is 7.88. The average molecular weight is 367 g/mol. The van der Waals surface area contributed by atoms with Crippen molar-refractivity contribution in [3.8, 4) is 0 Å². The molecule has 138 valence electrons. The fraction of sp³-hybridized carbons (Fsp3) is 0.579. The summed E-state index contributed by atoms with van der Waals surface area (Å²) in [6.07, 6.45) is 2.05. The normalized spacial score (nSPS) is 18.0. The molecule has 0 bridgehead atoms. The third-order valence-corrected chi connectivity index (χ3v) is 4.53. The van der Waals surface area contributed by atoms with Crippen LogP contribution in [0.5, 0.6) is 0 Å². The first-order chi connectivity index (χ1) is 11.7. The van der Waals surface area contributed by atoms with Crippen molar-refractivity contribution in [3.05, 3.63) is 34.9 Å². The van der Waals surface area contributed by atoms with Crippen LogP contribution in [0.25, 0.3) is 0 Å². The first-order valence-corrected chi connectivity index (χ1v) is 9.05. The molecular weight excluding hydrogens is 340 g/mol. The summed E-state index contributed by atoms with van der Waals surface area (Å²) in [5, 5.41) is 0.634. The molecule has 0 unspecified atom stereocenters. The molecule has 25 heavy (non-hydrogen) atoms. The summed E-state index contributed by atoms with van der Waals surface area (Å²) in [4.78, 5) is 28.6. The lowest BCUT2D eigenvalue weighted by molar-refractivity contribution is -0.137. The van der Waals surface area contributed by atoms with E-state index in [0.29, 0.717) is 24.5 Å². The quantitative estimate of drug-likeness (QED) is 0.809. The summed E-state index contributed by atoms with van der Waals surface area (Å²) in [6, 6.07) is 6.99. The molecule has 1 aliphatic rings. The molecule has 2 amide bonds. The zero-order valence-electron chi connectivity index (χ0n) is 15.4. The molecule has 5 nitrogen and oxygen atoms in total. The number of amides is 2. The third-order valence-electron chi connectivity index (χ3n) is 4.16. The number of nitrogens with zero attached hydrogens (tertiary/aromatic N) is 2. The summed E-state index contributed by atoms with van der Waals surface area (Å²) < 4.78 is 5.47. The van der Waals surface area contributed by atoms with Crippen LogP contribution in [0.15, 0.2) is 24.3 Å². The van der Waals surface area contributed by atoms with Crippen LogP contribution in [0.3, 0.4) is 0 Å². The molecule has 0 spiro atoms. The summed E-state index contributed by atoms with van der Waals surface area (Å²) in [5.41, 5.74) is 0.311. The highest BCUT2D eigenvalue weighted by molar-refractivity contribution is 6.31. The van der Waals surface area contributed by atoms with Crippen LogP contribution in [-0.4, -0.2) is 47.0 Å². The summed E-state index contributed by atoms with van der Waals surface area (Å²) in [6.45, 7) is 6.45. The lowest BCUT2D eigenvalue weighted by Crippen LogP contribution is -2.53. The number of likely N-dealkylation sites (N-methyl/N-ethyl adjacent to an activating group) is 1. The lowest BCUT2D eigenvalue weighted by Gasteiger charge is -2.37. The zero-order chi connectivity index (χ0) is 18.6. The van der Waals surface area contributed by atoms with Crippen molar-refractivity contribution in [1.29, 1.82) is 0 Å². The molecule has 0 aliphatic carbocycles. The summed E-state index contributed by atoms with van der Waals surface area (Å²) in [5.74, 6) is -0.0783. The Morgan fingerprint density at radius 1 is 1.28 bits per heavy atom.